The third kappa shape index (κ3) is 2.31. The van der Waals surface area contributed by atoms with Crippen molar-refractivity contribution in [3.63, 3.8) is 0 Å². The Kier molecular flexibility index (Phi) is 3.05. The molecule has 3 nitrogen and oxygen atoms in total. The van der Waals surface area contributed by atoms with Gasteiger partial charge in [-0.1, -0.05) is 18.2 Å². The number of carbonyl (C=O) groups excluding carboxylic acids is 1. The molecule has 1 aromatic carbocycles. The van der Waals surface area contributed by atoms with Crippen LogP contribution in [-0.2, 0) is 4.74 Å². The second kappa shape index (κ2) is 4.66. The Morgan fingerprint density at radius 2 is 1.94 bits per heavy atom. The van der Waals surface area contributed by atoms with Gasteiger partial charge in [-0.2, -0.15) is 0 Å². The SMILES string of the molecule is C[C@H](OC(=O)c1ccccc1)c1ccco1. The Morgan fingerprint density at radius 3 is 2.56 bits per heavy atom. The van der Waals surface area contributed by atoms with Crippen LogP contribution >= 0.6 is 0 Å². The lowest BCUT2D eigenvalue weighted by Crippen LogP contribution is -2.08. The summed E-state index contributed by atoms with van der Waals surface area (Å²) in [6.07, 6.45) is 1.19. The van der Waals surface area contributed by atoms with Crippen molar-refractivity contribution in [3.05, 3.63) is 60.1 Å². The number of benzene rings is 1. The van der Waals surface area contributed by atoms with Crippen LogP contribution in [0.4, 0.5) is 0 Å². The normalized spacial score (nSPS) is 12.1. The van der Waals surface area contributed by atoms with E-state index in [4.69, 9.17) is 9.15 Å². The Labute approximate surface area is 93.7 Å². The zero-order valence-corrected chi connectivity index (χ0v) is 8.92. The number of esters is 1. The highest BCUT2D eigenvalue weighted by Gasteiger charge is 2.14. The lowest BCUT2D eigenvalue weighted by Gasteiger charge is -2.10. The van der Waals surface area contributed by atoms with Gasteiger partial charge in [-0.25, -0.2) is 4.79 Å². The molecule has 1 aromatic heterocycles. The first-order chi connectivity index (χ1) is 7.77. The first-order valence-electron chi connectivity index (χ1n) is 5.07. The molecule has 0 saturated heterocycles. The van der Waals surface area contributed by atoms with Crippen molar-refractivity contribution in [1.82, 2.24) is 0 Å². The molecule has 82 valence electrons. The molecule has 0 aliphatic heterocycles. The van der Waals surface area contributed by atoms with Crippen LogP contribution in [0, 0.1) is 0 Å². The summed E-state index contributed by atoms with van der Waals surface area (Å²) in [6, 6.07) is 12.4. The summed E-state index contributed by atoms with van der Waals surface area (Å²) in [5.41, 5.74) is 0.543. The second-order valence-electron chi connectivity index (χ2n) is 3.43. The maximum atomic E-state index is 11.7. The van der Waals surface area contributed by atoms with E-state index in [1.54, 1.807) is 49.6 Å². The predicted molar refractivity (Wildman–Crippen MR) is 59.0 cm³/mol. The summed E-state index contributed by atoms with van der Waals surface area (Å²) in [6.45, 7) is 1.78. The van der Waals surface area contributed by atoms with E-state index in [-0.39, 0.29) is 12.1 Å². The summed E-state index contributed by atoms with van der Waals surface area (Å²) in [4.78, 5) is 11.7. The van der Waals surface area contributed by atoms with Gasteiger partial charge in [0, 0.05) is 0 Å². The van der Waals surface area contributed by atoms with Gasteiger partial charge in [-0.3, -0.25) is 0 Å². The van der Waals surface area contributed by atoms with Gasteiger partial charge in [-0.05, 0) is 31.2 Å². The molecule has 0 bridgehead atoms. The first kappa shape index (κ1) is 10.5. The lowest BCUT2D eigenvalue weighted by molar-refractivity contribution is 0.0291. The highest BCUT2D eigenvalue weighted by molar-refractivity contribution is 5.89. The van der Waals surface area contributed by atoms with E-state index in [1.807, 2.05) is 6.07 Å². The minimum Gasteiger partial charge on any atom is -0.465 e. The van der Waals surface area contributed by atoms with Gasteiger partial charge in [0.05, 0.1) is 11.8 Å². The molecule has 1 heterocycles. The Bertz CT molecular complexity index is 445. The molecule has 0 unspecified atom stereocenters. The summed E-state index contributed by atoms with van der Waals surface area (Å²) < 4.78 is 10.4. The number of furan rings is 1. The van der Waals surface area contributed by atoms with Crippen LogP contribution in [0.2, 0.25) is 0 Å². The molecular formula is C13H12O3. The molecule has 3 heteroatoms. The summed E-state index contributed by atoms with van der Waals surface area (Å²) >= 11 is 0. The molecule has 0 spiro atoms. The van der Waals surface area contributed by atoms with Crippen LogP contribution in [0.25, 0.3) is 0 Å². The van der Waals surface area contributed by atoms with Crippen LogP contribution in [0.1, 0.15) is 29.1 Å². The van der Waals surface area contributed by atoms with Crippen molar-refractivity contribution >= 4 is 5.97 Å². The molecule has 0 aliphatic carbocycles. The zero-order valence-electron chi connectivity index (χ0n) is 8.92. The van der Waals surface area contributed by atoms with Crippen LogP contribution in [-0.4, -0.2) is 5.97 Å². The average Bonchev–Trinajstić information content (AvgIpc) is 2.83. The maximum Gasteiger partial charge on any atom is 0.338 e. The minimum absolute atomic E-state index is 0.343. The smallest absolute Gasteiger partial charge is 0.338 e. The fourth-order valence-electron chi connectivity index (χ4n) is 1.38. The molecule has 0 radical (unpaired) electrons. The molecule has 0 saturated carbocycles. The van der Waals surface area contributed by atoms with Crippen LogP contribution in [0.3, 0.4) is 0 Å². The Morgan fingerprint density at radius 1 is 1.19 bits per heavy atom. The number of carbonyl (C=O) groups is 1. The van der Waals surface area contributed by atoms with Gasteiger partial charge in [0.1, 0.15) is 5.76 Å². The van der Waals surface area contributed by atoms with E-state index >= 15 is 0 Å². The summed E-state index contributed by atoms with van der Waals surface area (Å²) in [7, 11) is 0. The Balaban J connectivity index is 2.03. The first-order valence-corrected chi connectivity index (χ1v) is 5.07. The molecular weight excluding hydrogens is 204 g/mol. The molecule has 0 N–H and O–H groups in total. The van der Waals surface area contributed by atoms with E-state index in [2.05, 4.69) is 0 Å². The fraction of sp³-hybridized carbons (Fsp3) is 0.154. The molecule has 16 heavy (non-hydrogen) atoms. The second-order valence-corrected chi connectivity index (χ2v) is 3.43. The molecule has 0 aliphatic rings. The van der Waals surface area contributed by atoms with Gasteiger partial charge in [0.15, 0.2) is 6.10 Å². The molecule has 2 aromatic rings. The van der Waals surface area contributed by atoms with Gasteiger partial charge in [0.2, 0.25) is 0 Å². The van der Waals surface area contributed by atoms with Gasteiger partial charge < -0.3 is 9.15 Å². The lowest BCUT2D eigenvalue weighted by atomic mass is 10.2. The van der Waals surface area contributed by atoms with Gasteiger partial charge in [0.25, 0.3) is 0 Å². The predicted octanol–water partition coefficient (Wildman–Crippen LogP) is 3.20. The number of rotatable bonds is 3. The highest BCUT2D eigenvalue weighted by Crippen LogP contribution is 2.18. The maximum absolute atomic E-state index is 11.7. The van der Waals surface area contributed by atoms with E-state index in [0.29, 0.717) is 11.3 Å². The van der Waals surface area contributed by atoms with Crippen LogP contribution in [0.15, 0.2) is 53.1 Å². The third-order valence-electron chi connectivity index (χ3n) is 2.24. The average molecular weight is 216 g/mol. The van der Waals surface area contributed by atoms with Gasteiger partial charge in [-0.15, -0.1) is 0 Å². The van der Waals surface area contributed by atoms with E-state index in [9.17, 15) is 4.79 Å². The monoisotopic (exact) mass is 216 g/mol. The quantitative estimate of drug-likeness (QED) is 0.739. The molecule has 1 atom stereocenters. The largest absolute Gasteiger partial charge is 0.465 e. The standard InChI is InChI=1S/C13H12O3/c1-10(12-8-5-9-15-12)16-13(14)11-6-3-2-4-7-11/h2-10H,1H3/t10-/m0/s1. The van der Waals surface area contributed by atoms with E-state index in [0.717, 1.165) is 0 Å². The zero-order chi connectivity index (χ0) is 11.4. The van der Waals surface area contributed by atoms with Crippen molar-refractivity contribution in [1.29, 1.82) is 0 Å². The summed E-state index contributed by atoms with van der Waals surface area (Å²) in [5.74, 6) is 0.300. The van der Waals surface area contributed by atoms with Crippen molar-refractivity contribution in [3.8, 4) is 0 Å². The van der Waals surface area contributed by atoms with Crippen molar-refractivity contribution < 1.29 is 13.9 Å². The third-order valence-corrected chi connectivity index (χ3v) is 2.24. The fourth-order valence-corrected chi connectivity index (χ4v) is 1.38. The molecule has 2 rings (SSSR count). The molecule has 0 amide bonds. The van der Waals surface area contributed by atoms with Crippen molar-refractivity contribution in [2.24, 2.45) is 0 Å². The van der Waals surface area contributed by atoms with Crippen molar-refractivity contribution in [2.45, 2.75) is 13.0 Å². The van der Waals surface area contributed by atoms with Gasteiger partial charge >= 0.3 is 5.97 Å². The topological polar surface area (TPSA) is 39.4 Å². The van der Waals surface area contributed by atoms with Crippen molar-refractivity contribution in [2.75, 3.05) is 0 Å². The Hall–Kier alpha value is -2.03. The highest BCUT2D eigenvalue weighted by atomic mass is 16.5. The number of hydrogen-bond donors (Lipinski definition) is 0. The van der Waals surface area contributed by atoms with E-state index < -0.39 is 0 Å². The number of hydrogen-bond acceptors (Lipinski definition) is 3. The molecule has 0 fully saturated rings. The van der Waals surface area contributed by atoms with E-state index in [1.165, 1.54) is 0 Å². The number of ether oxygens (including phenoxy) is 1. The summed E-state index contributed by atoms with van der Waals surface area (Å²) in [5, 5.41) is 0. The minimum atomic E-state index is -0.372. The van der Waals surface area contributed by atoms with Crippen LogP contribution < -0.4 is 0 Å². The van der Waals surface area contributed by atoms with Crippen LogP contribution in [0.5, 0.6) is 0 Å².